The molecule has 114 valence electrons. The number of hydrogen-bond acceptors (Lipinski definition) is 6. The number of rotatable bonds is 5. The van der Waals surface area contributed by atoms with Crippen molar-refractivity contribution >= 4 is 32.7 Å². The fourth-order valence-corrected chi connectivity index (χ4v) is 3.96. The van der Waals surface area contributed by atoms with Gasteiger partial charge in [-0.1, -0.05) is 0 Å². The lowest BCUT2D eigenvalue weighted by Crippen LogP contribution is -2.12. The first-order valence-electron chi connectivity index (χ1n) is 5.97. The summed E-state index contributed by atoms with van der Waals surface area (Å²) >= 11 is 1.07. The Morgan fingerprint density at radius 2 is 1.76 bits per heavy atom. The van der Waals surface area contributed by atoms with Crippen LogP contribution >= 0.6 is 11.3 Å². The molecule has 0 fully saturated rings. The normalized spacial score (nSPS) is 11.2. The number of ether oxygens (including phenoxy) is 2. The summed E-state index contributed by atoms with van der Waals surface area (Å²) in [5, 5.41) is 1.58. The highest BCUT2D eigenvalue weighted by atomic mass is 32.2. The van der Waals surface area contributed by atoms with Crippen molar-refractivity contribution in [1.29, 1.82) is 0 Å². The number of methoxy groups -OCH3 is 2. The van der Waals surface area contributed by atoms with Gasteiger partial charge in [0.15, 0.2) is 11.5 Å². The van der Waals surface area contributed by atoms with Crippen molar-refractivity contribution in [3.05, 3.63) is 29.1 Å². The second kappa shape index (κ2) is 5.82. The quantitative estimate of drug-likeness (QED) is 0.880. The smallest absolute Gasteiger partial charge is 0.271 e. The van der Waals surface area contributed by atoms with Gasteiger partial charge in [0.1, 0.15) is 4.21 Å². The fourth-order valence-electron chi connectivity index (χ4n) is 1.76. The minimum Gasteiger partial charge on any atom is -0.493 e. The average molecular weight is 328 g/mol. The Hall–Kier alpha value is -1.93. The van der Waals surface area contributed by atoms with E-state index in [1.54, 1.807) is 24.4 Å². The zero-order valence-corrected chi connectivity index (χ0v) is 13.5. The summed E-state index contributed by atoms with van der Waals surface area (Å²) in [6.07, 6.45) is 0. The van der Waals surface area contributed by atoms with Crippen LogP contribution < -0.4 is 19.9 Å². The number of thiophene rings is 1. The topological polar surface area (TPSA) is 90.7 Å². The van der Waals surface area contributed by atoms with E-state index >= 15 is 0 Å². The Balaban J connectivity index is 2.39. The van der Waals surface area contributed by atoms with Gasteiger partial charge in [0.2, 0.25) is 0 Å². The largest absolute Gasteiger partial charge is 0.493 e. The Morgan fingerprint density at radius 1 is 1.14 bits per heavy atom. The van der Waals surface area contributed by atoms with Gasteiger partial charge in [-0.3, -0.25) is 4.72 Å². The summed E-state index contributed by atoms with van der Waals surface area (Å²) in [4.78, 5) is 0. The monoisotopic (exact) mass is 328 g/mol. The van der Waals surface area contributed by atoms with Gasteiger partial charge in [-0.25, -0.2) is 8.42 Å². The maximum atomic E-state index is 12.3. The molecule has 0 radical (unpaired) electrons. The summed E-state index contributed by atoms with van der Waals surface area (Å²) in [7, 11) is -0.653. The van der Waals surface area contributed by atoms with Gasteiger partial charge < -0.3 is 15.2 Å². The lowest BCUT2D eigenvalue weighted by molar-refractivity contribution is 0.355. The van der Waals surface area contributed by atoms with Crippen LogP contribution in [0.25, 0.3) is 0 Å². The summed E-state index contributed by atoms with van der Waals surface area (Å²) in [5.41, 5.74) is 7.14. The van der Waals surface area contributed by atoms with Crippen molar-refractivity contribution in [2.45, 2.75) is 11.1 Å². The van der Waals surface area contributed by atoms with Gasteiger partial charge in [0, 0.05) is 17.1 Å². The van der Waals surface area contributed by atoms with E-state index in [9.17, 15) is 8.42 Å². The van der Waals surface area contributed by atoms with E-state index in [2.05, 4.69) is 4.72 Å². The van der Waals surface area contributed by atoms with Crippen LogP contribution in [0.1, 0.15) is 5.56 Å². The third kappa shape index (κ3) is 3.22. The van der Waals surface area contributed by atoms with Crippen LogP contribution in [-0.2, 0) is 10.0 Å². The van der Waals surface area contributed by atoms with E-state index in [0.717, 1.165) is 16.9 Å². The lowest BCUT2D eigenvalue weighted by atomic mass is 10.2. The zero-order valence-electron chi connectivity index (χ0n) is 11.8. The van der Waals surface area contributed by atoms with Crippen molar-refractivity contribution in [2.24, 2.45) is 0 Å². The van der Waals surface area contributed by atoms with E-state index in [1.807, 2.05) is 0 Å². The maximum Gasteiger partial charge on any atom is 0.271 e. The molecule has 0 saturated heterocycles. The van der Waals surface area contributed by atoms with Crippen molar-refractivity contribution in [2.75, 3.05) is 24.7 Å². The molecule has 1 aromatic carbocycles. The number of benzene rings is 1. The van der Waals surface area contributed by atoms with Crippen molar-refractivity contribution in [3.8, 4) is 11.5 Å². The third-order valence-corrected chi connectivity index (χ3v) is 5.66. The van der Waals surface area contributed by atoms with Gasteiger partial charge in [-0.15, -0.1) is 11.3 Å². The Morgan fingerprint density at radius 3 is 2.29 bits per heavy atom. The molecule has 0 atom stereocenters. The van der Waals surface area contributed by atoms with Crippen LogP contribution in [-0.4, -0.2) is 22.6 Å². The number of nitrogens with two attached hydrogens (primary N) is 1. The van der Waals surface area contributed by atoms with Gasteiger partial charge in [0.05, 0.1) is 19.9 Å². The van der Waals surface area contributed by atoms with Crippen LogP contribution in [0.2, 0.25) is 0 Å². The predicted molar refractivity (Wildman–Crippen MR) is 83.8 cm³/mol. The van der Waals surface area contributed by atoms with Crippen molar-refractivity contribution in [3.63, 3.8) is 0 Å². The second-order valence-corrected chi connectivity index (χ2v) is 7.15. The minimum absolute atomic E-state index is 0.161. The summed E-state index contributed by atoms with van der Waals surface area (Å²) in [5.74, 6) is 0.991. The molecule has 0 amide bonds. The van der Waals surface area contributed by atoms with Crippen molar-refractivity contribution in [1.82, 2.24) is 0 Å². The molecule has 0 saturated carbocycles. The van der Waals surface area contributed by atoms with E-state index in [-0.39, 0.29) is 4.21 Å². The van der Waals surface area contributed by atoms with Gasteiger partial charge in [0.25, 0.3) is 10.0 Å². The zero-order chi connectivity index (χ0) is 15.6. The van der Waals surface area contributed by atoms with Crippen LogP contribution in [0.3, 0.4) is 0 Å². The molecule has 0 aliphatic heterocycles. The van der Waals surface area contributed by atoms with Crippen LogP contribution in [0.15, 0.2) is 27.8 Å². The highest BCUT2D eigenvalue weighted by Gasteiger charge is 2.19. The van der Waals surface area contributed by atoms with E-state index in [4.69, 9.17) is 15.2 Å². The number of hydrogen-bond donors (Lipinski definition) is 2. The molecule has 6 nitrogen and oxygen atoms in total. The van der Waals surface area contributed by atoms with Gasteiger partial charge >= 0.3 is 0 Å². The van der Waals surface area contributed by atoms with E-state index in [0.29, 0.717) is 22.9 Å². The molecule has 0 bridgehead atoms. The standard InChI is InChI=1S/C13H16N2O4S2/c1-8-4-11(18-2)12(19-3)6-10(8)15-21(16,17)13-5-9(14)7-20-13/h4-7,15H,14H2,1-3H3. The Bertz CT molecular complexity index is 754. The van der Waals surface area contributed by atoms with Crippen LogP contribution in [0.4, 0.5) is 11.4 Å². The average Bonchev–Trinajstić information content (AvgIpc) is 2.88. The van der Waals surface area contributed by atoms with E-state index in [1.165, 1.54) is 20.3 Å². The molecule has 2 rings (SSSR count). The lowest BCUT2D eigenvalue weighted by Gasteiger charge is -2.14. The summed E-state index contributed by atoms with van der Waals surface area (Å²) in [6, 6.07) is 4.71. The number of anilines is 2. The van der Waals surface area contributed by atoms with Crippen LogP contribution in [0, 0.1) is 6.92 Å². The number of nitrogens with one attached hydrogen (secondary N) is 1. The maximum absolute atomic E-state index is 12.3. The highest BCUT2D eigenvalue weighted by molar-refractivity contribution is 7.94. The molecule has 3 N–H and O–H groups in total. The molecular formula is C13H16N2O4S2. The molecule has 21 heavy (non-hydrogen) atoms. The highest BCUT2D eigenvalue weighted by Crippen LogP contribution is 2.34. The second-order valence-electron chi connectivity index (χ2n) is 4.33. The molecule has 2 aromatic rings. The molecule has 8 heteroatoms. The first kappa shape index (κ1) is 15.5. The Labute approximate surface area is 127 Å². The summed E-state index contributed by atoms with van der Waals surface area (Å²) < 4.78 is 37.6. The molecule has 0 aliphatic rings. The van der Waals surface area contributed by atoms with E-state index < -0.39 is 10.0 Å². The van der Waals surface area contributed by atoms with Crippen molar-refractivity contribution < 1.29 is 17.9 Å². The number of aryl methyl sites for hydroxylation is 1. The molecule has 1 heterocycles. The molecule has 1 aromatic heterocycles. The molecule has 0 unspecified atom stereocenters. The Kier molecular flexibility index (Phi) is 4.29. The number of nitrogen functional groups attached to an aromatic ring is 1. The first-order chi connectivity index (χ1) is 9.87. The predicted octanol–water partition coefficient (Wildman–Crippen LogP) is 2.46. The minimum atomic E-state index is -3.67. The molecular weight excluding hydrogens is 312 g/mol. The van der Waals surface area contributed by atoms with Gasteiger partial charge in [-0.2, -0.15) is 0 Å². The molecule has 0 aliphatic carbocycles. The third-order valence-electron chi connectivity index (χ3n) is 2.84. The van der Waals surface area contributed by atoms with Gasteiger partial charge in [-0.05, 0) is 24.6 Å². The molecule has 0 spiro atoms. The van der Waals surface area contributed by atoms with Crippen LogP contribution in [0.5, 0.6) is 11.5 Å². The first-order valence-corrected chi connectivity index (χ1v) is 8.33. The number of sulfonamides is 1. The SMILES string of the molecule is COc1cc(C)c(NS(=O)(=O)c2cc(N)cs2)cc1OC. The fraction of sp³-hybridized carbons (Fsp3) is 0.231. The summed E-state index contributed by atoms with van der Waals surface area (Å²) in [6.45, 7) is 1.78.